The second kappa shape index (κ2) is 4.04. The zero-order valence-corrected chi connectivity index (χ0v) is 9.33. The van der Waals surface area contributed by atoms with Crippen molar-refractivity contribution >= 4 is 0 Å². The SMILES string of the molecule is CC(C)N1CCc2cc(C#N)ccc2C1. The molecule has 2 heteroatoms. The number of hydrogen-bond acceptors (Lipinski definition) is 2. The van der Waals surface area contributed by atoms with E-state index in [0.29, 0.717) is 6.04 Å². The molecule has 1 aromatic rings. The van der Waals surface area contributed by atoms with Crippen LogP contribution in [0.25, 0.3) is 0 Å². The Labute approximate surface area is 91.1 Å². The molecular formula is C13H16N2. The molecule has 1 aliphatic rings. The minimum Gasteiger partial charge on any atom is -0.296 e. The molecule has 78 valence electrons. The fourth-order valence-electron chi connectivity index (χ4n) is 2.09. The Balaban J connectivity index is 2.25. The van der Waals surface area contributed by atoms with Crippen LogP contribution in [0.15, 0.2) is 18.2 Å². The third kappa shape index (κ3) is 2.03. The van der Waals surface area contributed by atoms with Crippen LogP contribution < -0.4 is 0 Å². The van der Waals surface area contributed by atoms with Crippen LogP contribution in [0.5, 0.6) is 0 Å². The summed E-state index contributed by atoms with van der Waals surface area (Å²) in [4.78, 5) is 2.47. The van der Waals surface area contributed by atoms with Crippen molar-refractivity contribution in [2.75, 3.05) is 6.54 Å². The van der Waals surface area contributed by atoms with Gasteiger partial charge in [-0.3, -0.25) is 4.90 Å². The van der Waals surface area contributed by atoms with E-state index in [1.54, 1.807) is 0 Å². The van der Waals surface area contributed by atoms with Gasteiger partial charge in [-0.05, 0) is 43.5 Å². The Morgan fingerprint density at radius 3 is 2.80 bits per heavy atom. The molecule has 2 nitrogen and oxygen atoms in total. The predicted molar refractivity (Wildman–Crippen MR) is 60.4 cm³/mol. The summed E-state index contributed by atoms with van der Waals surface area (Å²) in [5, 5.41) is 8.82. The van der Waals surface area contributed by atoms with E-state index < -0.39 is 0 Å². The maximum atomic E-state index is 8.82. The Morgan fingerprint density at radius 1 is 1.33 bits per heavy atom. The van der Waals surface area contributed by atoms with Crippen LogP contribution >= 0.6 is 0 Å². The predicted octanol–water partition coefficient (Wildman–Crippen LogP) is 2.32. The molecule has 0 amide bonds. The summed E-state index contributed by atoms with van der Waals surface area (Å²) in [5.74, 6) is 0. The summed E-state index contributed by atoms with van der Waals surface area (Å²) in [6.07, 6.45) is 1.07. The maximum absolute atomic E-state index is 8.82. The van der Waals surface area contributed by atoms with Gasteiger partial charge in [0.05, 0.1) is 11.6 Å². The fourth-order valence-corrected chi connectivity index (χ4v) is 2.09. The van der Waals surface area contributed by atoms with E-state index >= 15 is 0 Å². The van der Waals surface area contributed by atoms with Gasteiger partial charge in [0, 0.05) is 19.1 Å². The normalized spacial score (nSPS) is 16.1. The van der Waals surface area contributed by atoms with Crippen molar-refractivity contribution in [2.24, 2.45) is 0 Å². The third-order valence-electron chi connectivity index (χ3n) is 3.11. The first-order valence-electron chi connectivity index (χ1n) is 5.46. The van der Waals surface area contributed by atoms with E-state index in [4.69, 9.17) is 5.26 Å². The molecule has 0 saturated carbocycles. The molecule has 0 N–H and O–H groups in total. The molecule has 0 unspecified atom stereocenters. The highest BCUT2D eigenvalue weighted by Crippen LogP contribution is 2.21. The smallest absolute Gasteiger partial charge is 0.0991 e. The van der Waals surface area contributed by atoms with Gasteiger partial charge in [-0.15, -0.1) is 0 Å². The van der Waals surface area contributed by atoms with E-state index in [0.717, 1.165) is 25.1 Å². The van der Waals surface area contributed by atoms with Crippen LogP contribution in [0, 0.1) is 11.3 Å². The summed E-state index contributed by atoms with van der Waals surface area (Å²) < 4.78 is 0. The second-order valence-corrected chi connectivity index (χ2v) is 4.41. The lowest BCUT2D eigenvalue weighted by Gasteiger charge is -2.31. The second-order valence-electron chi connectivity index (χ2n) is 4.41. The molecule has 0 fully saturated rings. The molecule has 0 aromatic heterocycles. The number of fused-ring (bicyclic) bond motifs is 1. The van der Waals surface area contributed by atoms with Gasteiger partial charge in [0.25, 0.3) is 0 Å². The lowest BCUT2D eigenvalue weighted by molar-refractivity contribution is 0.203. The van der Waals surface area contributed by atoms with Gasteiger partial charge in [0.15, 0.2) is 0 Å². The minimum atomic E-state index is 0.605. The summed E-state index contributed by atoms with van der Waals surface area (Å²) in [7, 11) is 0. The maximum Gasteiger partial charge on any atom is 0.0991 e. The van der Waals surface area contributed by atoms with E-state index in [1.807, 2.05) is 12.1 Å². The molecule has 1 aromatic carbocycles. The standard InChI is InChI=1S/C13H16N2/c1-10(2)15-6-5-12-7-11(8-14)3-4-13(12)9-15/h3-4,7,10H,5-6,9H2,1-2H3. The third-order valence-corrected chi connectivity index (χ3v) is 3.11. The summed E-state index contributed by atoms with van der Waals surface area (Å²) >= 11 is 0. The summed E-state index contributed by atoms with van der Waals surface area (Å²) in [6.45, 7) is 6.60. The monoisotopic (exact) mass is 200 g/mol. The van der Waals surface area contributed by atoms with E-state index in [1.165, 1.54) is 11.1 Å². The van der Waals surface area contributed by atoms with Gasteiger partial charge in [0.2, 0.25) is 0 Å². The van der Waals surface area contributed by atoms with Gasteiger partial charge >= 0.3 is 0 Å². The van der Waals surface area contributed by atoms with Crippen molar-refractivity contribution in [3.05, 3.63) is 34.9 Å². The van der Waals surface area contributed by atoms with E-state index in [9.17, 15) is 0 Å². The van der Waals surface area contributed by atoms with Crippen LogP contribution in [0.1, 0.15) is 30.5 Å². The molecule has 15 heavy (non-hydrogen) atoms. The Kier molecular flexibility index (Phi) is 2.75. The largest absolute Gasteiger partial charge is 0.296 e. The zero-order chi connectivity index (χ0) is 10.8. The molecule has 2 rings (SSSR count). The topological polar surface area (TPSA) is 27.0 Å². The first kappa shape index (κ1) is 10.2. The molecule has 1 aliphatic heterocycles. The van der Waals surface area contributed by atoms with Gasteiger partial charge < -0.3 is 0 Å². The molecule has 0 atom stereocenters. The van der Waals surface area contributed by atoms with E-state index in [2.05, 4.69) is 30.9 Å². The number of hydrogen-bond donors (Lipinski definition) is 0. The van der Waals surface area contributed by atoms with Crippen LogP contribution in [0.3, 0.4) is 0 Å². The molecule has 0 saturated heterocycles. The van der Waals surface area contributed by atoms with Crippen LogP contribution in [-0.2, 0) is 13.0 Å². The minimum absolute atomic E-state index is 0.605. The molecule has 0 spiro atoms. The van der Waals surface area contributed by atoms with Crippen LogP contribution in [-0.4, -0.2) is 17.5 Å². The highest BCUT2D eigenvalue weighted by molar-refractivity contribution is 5.39. The van der Waals surface area contributed by atoms with Crippen molar-refractivity contribution in [2.45, 2.75) is 32.9 Å². The van der Waals surface area contributed by atoms with Gasteiger partial charge in [0.1, 0.15) is 0 Å². The average Bonchev–Trinajstić information content (AvgIpc) is 2.27. The number of nitrogens with zero attached hydrogens (tertiary/aromatic N) is 2. The molecule has 0 radical (unpaired) electrons. The molecule has 0 bridgehead atoms. The van der Waals surface area contributed by atoms with Crippen molar-refractivity contribution in [1.29, 1.82) is 5.26 Å². The quantitative estimate of drug-likeness (QED) is 0.695. The fraction of sp³-hybridized carbons (Fsp3) is 0.462. The highest BCUT2D eigenvalue weighted by Gasteiger charge is 2.18. The van der Waals surface area contributed by atoms with Crippen molar-refractivity contribution in [3.8, 4) is 6.07 Å². The highest BCUT2D eigenvalue weighted by atomic mass is 15.1. The lowest BCUT2D eigenvalue weighted by atomic mass is 9.97. The van der Waals surface area contributed by atoms with Gasteiger partial charge in [-0.1, -0.05) is 6.07 Å². The number of nitriles is 1. The molecule has 0 aliphatic carbocycles. The van der Waals surface area contributed by atoms with Crippen molar-refractivity contribution < 1.29 is 0 Å². The number of benzene rings is 1. The Bertz CT molecular complexity index is 401. The molecule has 1 heterocycles. The Hall–Kier alpha value is -1.33. The molecular weight excluding hydrogens is 184 g/mol. The van der Waals surface area contributed by atoms with Crippen molar-refractivity contribution in [3.63, 3.8) is 0 Å². The van der Waals surface area contributed by atoms with Gasteiger partial charge in [-0.25, -0.2) is 0 Å². The summed E-state index contributed by atoms with van der Waals surface area (Å²) in [5.41, 5.74) is 3.52. The average molecular weight is 200 g/mol. The van der Waals surface area contributed by atoms with E-state index in [-0.39, 0.29) is 0 Å². The lowest BCUT2D eigenvalue weighted by Crippen LogP contribution is -2.35. The van der Waals surface area contributed by atoms with Crippen molar-refractivity contribution in [1.82, 2.24) is 4.90 Å². The Morgan fingerprint density at radius 2 is 2.13 bits per heavy atom. The van der Waals surface area contributed by atoms with Crippen LogP contribution in [0.2, 0.25) is 0 Å². The first-order valence-corrected chi connectivity index (χ1v) is 5.46. The van der Waals surface area contributed by atoms with Gasteiger partial charge in [-0.2, -0.15) is 5.26 Å². The first-order chi connectivity index (χ1) is 7.20. The summed E-state index contributed by atoms with van der Waals surface area (Å²) in [6, 6.07) is 8.86. The number of rotatable bonds is 1. The zero-order valence-electron chi connectivity index (χ0n) is 9.33. The van der Waals surface area contributed by atoms with Crippen LogP contribution in [0.4, 0.5) is 0 Å².